The van der Waals surface area contributed by atoms with Crippen molar-refractivity contribution >= 4 is 6.16 Å². The third-order valence-electron chi connectivity index (χ3n) is 2.08. The quantitative estimate of drug-likeness (QED) is 0.596. The van der Waals surface area contributed by atoms with Crippen LogP contribution in [0.15, 0.2) is 30.3 Å². The molecule has 0 unspecified atom stereocenters. The number of hydrogen-bond donors (Lipinski definition) is 1. The molecule has 0 saturated carbocycles. The Morgan fingerprint density at radius 2 is 2.06 bits per heavy atom. The van der Waals surface area contributed by atoms with Gasteiger partial charge >= 0.3 is 6.16 Å². The van der Waals surface area contributed by atoms with E-state index in [0.29, 0.717) is 19.6 Å². The van der Waals surface area contributed by atoms with E-state index in [1.54, 1.807) is 6.92 Å². The summed E-state index contributed by atoms with van der Waals surface area (Å²) in [5.41, 5.74) is 1.11. The van der Waals surface area contributed by atoms with E-state index in [0.717, 1.165) is 5.56 Å². The fourth-order valence-electron chi connectivity index (χ4n) is 1.24. The van der Waals surface area contributed by atoms with Crippen molar-refractivity contribution in [3.05, 3.63) is 35.9 Å². The van der Waals surface area contributed by atoms with Crippen LogP contribution in [0.4, 0.5) is 4.79 Å². The highest BCUT2D eigenvalue weighted by Crippen LogP contribution is 2.03. The van der Waals surface area contributed by atoms with E-state index in [-0.39, 0.29) is 6.10 Å². The highest BCUT2D eigenvalue weighted by atomic mass is 16.7. The van der Waals surface area contributed by atoms with Crippen LogP contribution in [0.3, 0.4) is 0 Å². The van der Waals surface area contributed by atoms with Crippen LogP contribution in [0.5, 0.6) is 0 Å². The lowest BCUT2D eigenvalue weighted by Crippen LogP contribution is -2.15. The third kappa shape index (κ3) is 5.36. The molecule has 1 aromatic rings. The van der Waals surface area contributed by atoms with Crippen molar-refractivity contribution in [3.63, 3.8) is 0 Å². The lowest BCUT2D eigenvalue weighted by atomic mass is 10.2. The summed E-state index contributed by atoms with van der Waals surface area (Å²) >= 11 is 0. The Hall–Kier alpha value is -1.55. The zero-order chi connectivity index (χ0) is 11.8. The second kappa shape index (κ2) is 6.85. The maximum atomic E-state index is 10.2. The van der Waals surface area contributed by atoms with Crippen LogP contribution in [0, 0.1) is 0 Å². The summed E-state index contributed by atoms with van der Waals surface area (Å²) < 4.78 is 9.94. The molecule has 0 aliphatic rings. The maximum Gasteiger partial charge on any atom is 0.506 e. The van der Waals surface area contributed by atoms with Gasteiger partial charge in [0, 0.05) is 6.42 Å². The summed E-state index contributed by atoms with van der Waals surface area (Å²) in [5.74, 6) is 0. The van der Waals surface area contributed by atoms with E-state index in [4.69, 9.17) is 9.84 Å². The molecule has 1 aromatic carbocycles. The van der Waals surface area contributed by atoms with Gasteiger partial charge in [-0.2, -0.15) is 0 Å². The highest BCUT2D eigenvalue weighted by Gasteiger charge is 2.06. The number of benzene rings is 1. The molecule has 1 atom stereocenters. The van der Waals surface area contributed by atoms with Crippen LogP contribution < -0.4 is 0 Å². The molecule has 0 aliphatic carbocycles. The number of ether oxygens (including phenoxy) is 2. The average Bonchev–Trinajstić information content (AvgIpc) is 2.25. The lowest BCUT2D eigenvalue weighted by molar-refractivity contribution is 0.0342. The first-order chi connectivity index (χ1) is 7.68. The Morgan fingerprint density at radius 1 is 1.38 bits per heavy atom. The zero-order valence-electron chi connectivity index (χ0n) is 9.26. The fraction of sp³-hybridized carbons (Fsp3) is 0.417. The predicted octanol–water partition coefficient (Wildman–Crippen LogP) is 2.68. The van der Waals surface area contributed by atoms with Crippen LogP contribution in [0.2, 0.25) is 0 Å². The molecule has 0 aromatic heterocycles. The number of rotatable bonds is 6. The molecule has 1 rings (SSSR count). The maximum absolute atomic E-state index is 10.2. The molecule has 16 heavy (non-hydrogen) atoms. The van der Waals surface area contributed by atoms with Crippen LogP contribution >= 0.6 is 0 Å². The second-order valence-electron chi connectivity index (χ2n) is 3.52. The Balaban J connectivity index is 2.10. The molecule has 0 spiro atoms. The van der Waals surface area contributed by atoms with Gasteiger partial charge in [-0.15, -0.1) is 0 Å². The summed E-state index contributed by atoms with van der Waals surface area (Å²) in [4.78, 5) is 10.2. The molecular weight excluding hydrogens is 208 g/mol. The highest BCUT2D eigenvalue weighted by molar-refractivity contribution is 5.56. The average molecular weight is 224 g/mol. The zero-order valence-corrected chi connectivity index (χ0v) is 9.26. The van der Waals surface area contributed by atoms with Crippen molar-refractivity contribution in [2.75, 3.05) is 6.61 Å². The van der Waals surface area contributed by atoms with Gasteiger partial charge in [0.25, 0.3) is 0 Å². The third-order valence-corrected chi connectivity index (χ3v) is 2.08. The van der Waals surface area contributed by atoms with Crippen LogP contribution in [0.25, 0.3) is 0 Å². The first-order valence-corrected chi connectivity index (χ1v) is 5.19. The summed E-state index contributed by atoms with van der Waals surface area (Å²) in [5, 5.41) is 8.36. The predicted molar refractivity (Wildman–Crippen MR) is 59.3 cm³/mol. The molecule has 0 saturated heterocycles. The molecule has 0 aliphatic heterocycles. The minimum absolute atomic E-state index is 0.326. The normalized spacial score (nSPS) is 12.1. The topological polar surface area (TPSA) is 55.8 Å². The van der Waals surface area contributed by atoms with Gasteiger partial charge in [0.1, 0.15) is 6.10 Å². The minimum atomic E-state index is -1.24. The molecule has 0 radical (unpaired) electrons. The van der Waals surface area contributed by atoms with Gasteiger partial charge in [-0.25, -0.2) is 4.79 Å². The van der Waals surface area contributed by atoms with Crippen molar-refractivity contribution in [1.29, 1.82) is 0 Å². The standard InChI is InChI=1S/C12H16O4/c1-10(16-12(13)14)7-8-15-9-11-5-3-2-4-6-11/h2-6,10H,7-9H2,1H3,(H,13,14)/t10-/m1/s1. The summed E-state index contributed by atoms with van der Waals surface area (Å²) in [7, 11) is 0. The first kappa shape index (κ1) is 12.5. The van der Waals surface area contributed by atoms with Crippen molar-refractivity contribution in [3.8, 4) is 0 Å². The van der Waals surface area contributed by atoms with Crippen LogP contribution in [0.1, 0.15) is 18.9 Å². The minimum Gasteiger partial charge on any atom is -0.450 e. The van der Waals surface area contributed by atoms with Gasteiger partial charge in [-0.1, -0.05) is 30.3 Å². The fourth-order valence-corrected chi connectivity index (χ4v) is 1.24. The molecule has 0 fully saturated rings. The summed E-state index contributed by atoms with van der Waals surface area (Å²) in [6.45, 7) is 2.74. The van der Waals surface area contributed by atoms with E-state index >= 15 is 0 Å². The molecule has 0 bridgehead atoms. The molecule has 0 heterocycles. The van der Waals surface area contributed by atoms with E-state index in [9.17, 15) is 4.79 Å². The summed E-state index contributed by atoms with van der Waals surface area (Å²) in [6, 6.07) is 9.82. The van der Waals surface area contributed by atoms with Crippen molar-refractivity contribution < 1.29 is 19.4 Å². The smallest absolute Gasteiger partial charge is 0.450 e. The second-order valence-corrected chi connectivity index (χ2v) is 3.52. The van der Waals surface area contributed by atoms with Crippen molar-refractivity contribution in [2.24, 2.45) is 0 Å². The number of hydrogen-bond acceptors (Lipinski definition) is 3. The van der Waals surface area contributed by atoms with E-state index in [1.807, 2.05) is 30.3 Å². The van der Waals surface area contributed by atoms with Gasteiger partial charge in [-0.3, -0.25) is 0 Å². The molecule has 1 N–H and O–H groups in total. The Labute approximate surface area is 94.8 Å². The van der Waals surface area contributed by atoms with Crippen LogP contribution in [-0.4, -0.2) is 24.0 Å². The monoisotopic (exact) mass is 224 g/mol. The first-order valence-electron chi connectivity index (χ1n) is 5.19. The molecule has 4 nitrogen and oxygen atoms in total. The van der Waals surface area contributed by atoms with Gasteiger partial charge in [0.15, 0.2) is 0 Å². The van der Waals surface area contributed by atoms with Gasteiger partial charge in [-0.05, 0) is 12.5 Å². The largest absolute Gasteiger partial charge is 0.506 e. The van der Waals surface area contributed by atoms with Gasteiger partial charge < -0.3 is 14.6 Å². The lowest BCUT2D eigenvalue weighted by Gasteiger charge is -2.10. The van der Waals surface area contributed by atoms with Crippen molar-refractivity contribution in [1.82, 2.24) is 0 Å². The number of carbonyl (C=O) groups is 1. The van der Waals surface area contributed by atoms with Gasteiger partial charge in [0.2, 0.25) is 0 Å². The SMILES string of the molecule is C[C@H](CCOCc1ccccc1)OC(=O)O. The Kier molecular flexibility index (Phi) is 5.36. The van der Waals surface area contributed by atoms with E-state index in [1.165, 1.54) is 0 Å². The molecule has 4 heteroatoms. The van der Waals surface area contributed by atoms with E-state index < -0.39 is 6.16 Å². The number of carboxylic acid groups (broad SMARTS) is 1. The van der Waals surface area contributed by atoms with Gasteiger partial charge in [0.05, 0.1) is 13.2 Å². The Bertz CT molecular complexity index is 310. The van der Waals surface area contributed by atoms with E-state index in [2.05, 4.69) is 4.74 Å². The molecule has 88 valence electrons. The Morgan fingerprint density at radius 3 is 2.69 bits per heavy atom. The van der Waals surface area contributed by atoms with Crippen molar-refractivity contribution in [2.45, 2.75) is 26.1 Å². The van der Waals surface area contributed by atoms with Crippen LogP contribution in [-0.2, 0) is 16.1 Å². The molecular formula is C12H16O4. The molecule has 0 amide bonds. The summed E-state index contributed by atoms with van der Waals surface area (Å²) in [6.07, 6.45) is -0.997.